The lowest BCUT2D eigenvalue weighted by Crippen LogP contribution is -2.14. The molecule has 0 atom stereocenters. The van der Waals surface area contributed by atoms with Crippen molar-refractivity contribution in [2.45, 2.75) is 43.2 Å². The Labute approximate surface area is 102 Å². The highest BCUT2D eigenvalue weighted by Gasteiger charge is 2.21. The fourth-order valence-electron chi connectivity index (χ4n) is 1.75. The molecule has 0 spiro atoms. The standard InChI is InChI=1S/C14H19NS/c1-2-12(1)10-16-14-7-3-11(4-8-14)9-15-13-5-6-13/h3-4,7-8,12-13,15H,1-2,5-6,9-10H2. The summed E-state index contributed by atoms with van der Waals surface area (Å²) < 4.78 is 0. The average molecular weight is 233 g/mol. The molecule has 3 rings (SSSR count). The summed E-state index contributed by atoms with van der Waals surface area (Å²) in [5.74, 6) is 2.33. The van der Waals surface area contributed by atoms with Crippen molar-refractivity contribution < 1.29 is 0 Å². The Hall–Kier alpha value is -0.470. The third-order valence-corrected chi connectivity index (χ3v) is 4.52. The summed E-state index contributed by atoms with van der Waals surface area (Å²) in [7, 11) is 0. The van der Waals surface area contributed by atoms with Crippen molar-refractivity contribution in [2.24, 2.45) is 5.92 Å². The monoisotopic (exact) mass is 233 g/mol. The van der Waals surface area contributed by atoms with Gasteiger partial charge in [0, 0.05) is 23.2 Å². The summed E-state index contributed by atoms with van der Waals surface area (Å²) >= 11 is 2.02. The SMILES string of the molecule is c1cc(SCC2CC2)ccc1CNC1CC1. The number of hydrogen-bond acceptors (Lipinski definition) is 2. The Morgan fingerprint density at radius 2 is 1.81 bits per heavy atom. The van der Waals surface area contributed by atoms with Gasteiger partial charge < -0.3 is 5.32 Å². The Morgan fingerprint density at radius 1 is 1.06 bits per heavy atom. The van der Waals surface area contributed by atoms with Crippen LogP contribution in [0.2, 0.25) is 0 Å². The number of rotatable bonds is 6. The maximum absolute atomic E-state index is 3.55. The highest BCUT2D eigenvalue weighted by atomic mass is 32.2. The van der Waals surface area contributed by atoms with Gasteiger partial charge in [0.25, 0.3) is 0 Å². The fraction of sp³-hybridized carbons (Fsp3) is 0.571. The summed E-state index contributed by atoms with van der Waals surface area (Å²) in [5, 5.41) is 3.55. The predicted molar refractivity (Wildman–Crippen MR) is 69.8 cm³/mol. The number of thioether (sulfide) groups is 1. The van der Waals surface area contributed by atoms with Crippen molar-refractivity contribution >= 4 is 11.8 Å². The first kappa shape index (κ1) is 10.7. The van der Waals surface area contributed by atoms with Crippen molar-refractivity contribution in [3.8, 4) is 0 Å². The van der Waals surface area contributed by atoms with Crippen LogP contribution in [0, 0.1) is 5.92 Å². The van der Waals surface area contributed by atoms with E-state index < -0.39 is 0 Å². The molecule has 0 radical (unpaired) electrons. The minimum Gasteiger partial charge on any atom is -0.310 e. The molecule has 0 saturated heterocycles. The van der Waals surface area contributed by atoms with Crippen molar-refractivity contribution in [1.82, 2.24) is 5.32 Å². The Kier molecular flexibility index (Phi) is 3.20. The minimum atomic E-state index is 0.809. The van der Waals surface area contributed by atoms with Crippen LogP contribution < -0.4 is 5.32 Å². The van der Waals surface area contributed by atoms with Crippen LogP contribution in [-0.4, -0.2) is 11.8 Å². The molecule has 2 fully saturated rings. The van der Waals surface area contributed by atoms with Crippen molar-refractivity contribution in [2.75, 3.05) is 5.75 Å². The van der Waals surface area contributed by atoms with E-state index in [2.05, 4.69) is 29.6 Å². The molecule has 2 aliphatic carbocycles. The highest BCUT2D eigenvalue weighted by Crippen LogP contribution is 2.35. The quantitative estimate of drug-likeness (QED) is 0.755. The summed E-state index contributed by atoms with van der Waals surface area (Å²) in [5.41, 5.74) is 1.42. The van der Waals surface area contributed by atoms with E-state index in [1.54, 1.807) is 0 Å². The zero-order valence-corrected chi connectivity index (χ0v) is 10.4. The van der Waals surface area contributed by atoms with E-state index in [0.29, 0.717) is 0 Å². The third-order valence-electron chi connectivity index (χ3n) is 3.28. The summed E-state index contributed by atoms with van der Waals surface area (Å²) in [6.07, 6.45) is 5.65. The first-order valence-corrected chi connectivity index (χ1v) is 7.34. The zero-order valence-electron chi connectivity index (χ0n) is 9.61. The Balaban J connectivity index is 1.47. The Morgan fingerprint density at radius 3 is 2.44 bits per heavy atom. The molecule has 0 aliphatic heterocycles. The summed E-state index contributed by atoms with van der Waals surface area (Å²) in [4.78, 5) is 1.43. The molecule has 1 aromatic rings. The molecule has 1 aromatic carbocycles. The molecule has 86 valence electrons. The third kappa shape index (κ3) is 3.26. The summed E-state index contributed by atoms with van der Waals surface area (Å²) in [6.45, 7) is 1.04. The van der Waals surface area contributed by atoms with E-state index in [4.69, 9.17) is 0 Å². The van der Waals surface area contributed by atoms with Crippen LogP contribution in [0.25, 0.3) is 0 Å². The van der Waals surface area contributed by atoms with Gasteiger partial charge in [0.15, 0.2) is 0 Å². The van der Waals surface area contributed by atoms with Gasteiger partial charge in [-0.25, -0.2) is 0 Å². The Bertz CT molecular complexity index is 303. The molecule has 0 bridgehead atoms. The van der Waals surface area contributed by atoms with Crippen molar-refractivity contribution in [3.05, 3.63) is 29.8 Å². The van der Waals surface area contributed by atoms with Crippen LogP contribution in [0.4, 0.5) is 0 Å². The van der Waals surface area contributed by atoms with Crippen molar-refractivity contribution in [1.29, 1.82) is 0 Å². The molecule has 0 amide bonds. The van der Waals surface area contributed by atoms with Gasteiger partial charge in [-0.2, -0.15) is 0 Å². The lowest BCUT2D eigenvalue weighted by atomic mass is 10.2. The smallest absolute Gasteiger partial charge is 0.0208 e. The molecule has 0 heterocycles. The predicted octanol–water partition coefficient (Wildman–Crippen LogP) is 3.44. The van der Waals surface area contributed by atoms with Gasteiger partial charge in [-0.05, 0) is 49.3 Å². The van der Waals surface area contributed by atoms with E-state index in [1.165, 1.54) is 41.9 Å². The van der Waals surface area contributed by atoms with Gasteiger partial charge in [0.05, 0.1) is 0 Å². The first-order chi connectivity index (χ1) is 7.90. The molecule has 1 N–H and O–H groups in total. The van der Waals surface area contributed by atoms with E-state index >= 15 is 0 Å². The molecule has 2 saturated carbocycles. The van der Waals surface area contributed by atoms with Crippen LogP contribution in [0.15, 0.2) is 29.2 Å². The van der Waals surface area contributed by atoms with Crippen molar-refractivity contribution in [3.63, 3.8) is 0 Å². The largest absolute Gasteiger partial charge is 0.310 e. The zero-order chi connectivity index (χ0) is 10.8. The van der Waals surface area contributed by atoms with Crippen LogP contribution in [0.1, 0.15) is 31.2 Å². The lowest BCUT2D eigenvalue weighted by molar-refractivity contribution is 0.687. The maximum atomic E-state index is 3.55. The van der Waals surface area contributed by atoms with Crippen LogP contribution in [0.3, 0.4) is 0 Å². The van der Waals surface area contributed by atoms with Gasteiger partial charge in [-0.1, -0.05) is 12.1 Å². The van der Waals surface area contributed by atoms with Crippen LogP contribution in [-0.2, 0) is 6.54 Å². The second-order valence-electron chi connectivity index (χ2n) is 5.05. The number of benzene rings is 1. The number of nitrogens with one attached hydrogen (secondary N) is 1. The van der Waals surface area contributed by atoms with Gasteiger partial charge in [0.2, 0.25) is 0 Å². The second kappa shape index (κ2) is 4.80. The average Bonchev–Trinajstić information content (AvgIpc) is 3.17. The van der Waals surface area contributed by atoms with Crippen LogP contribution >= 0.6 is 11.8 Å². The van der Waals surface area contributed by atoms with Gasteiger partial charge in [0.1, 0.15) is 0 Å². The molecule has 16 heavy (non-hydrogen) atoms. The molecule has 1 nitrogen and oxygen atoms in total. The molecular weight excluding hydrogens is 214 g/mol. The first-order valence-electron chi connectivity index (χ1n) is 6.35. The van der Waals surface area contributed by atoms with E-state index in [0.717, 1.165) is 18.5 Å². The topological polar surface area (TPSA) is 12.0 Å². The van der Waals surface area contributed by atoms with E-state index in [1.807, 2.05) is 11.8 Å². The molecule has 2 heteroatoms. The lowest BCUT2D eigenvalue weighted by Gasteiger charge is -2.04. The molecule has 0 aromatic heterocycles. The van der Waals surface area contributed by atoms with Gasteiger partial charge in [-0.15, -0.1) is 11.8 Å². The highest BCUT2D eigenvalue weighted by molar-refractivity contribution is 7.99. The maximum Gasteiger partial charge on any atom is 0.0208 e. The number of hydrogen-bond donors (Lipinski definition) is 1. The van der Waals surface area contributed by atoms with Gasteiger partial charge in [-0.3, -0.25) is 0 Å². The van der Waals surface area contributed by atoms with Crippen LogP contribution in [0.5, 0.6) is 0 Å². The molecule has 0 unspecified atom stereocenters. The van der Waals surface area contributed by atoms with E-state index in [9.17, 15) is 0 Å². The fourth-order valence-corrected chi connectivity index (χ4v) is 2.84. The normalized spacial score (nSPS) is 20.0. The second-order valence-corrected chi connectivity index (χ2v) is 6.15. The van der Waals surface area contributed by atoms with E-state index in [-0.39, 0.29) is 0 Å². The van der Waals surface area contributed by atoms with Gasteiger partial charge >= 0.3 is 0 Å². The minimum absolute atomic E-state index is 0.809. The molecule has 2 aliphatic rings. The summed E-state index contributed by atoms with van der Waals surface area (Å²) in [6, 6.07) is 9.90. The molecular formula is C14H19NS.